The van der Waals surface area contributed by atoms with Crippen LogP contribution in [0.1, 0.15) is 19.4 Å². The summed E-state index contributed by atoms with van der Waals surface area (Å²) >= 11 is 5.81. The molecule has 2 N–H and O–H groups in total. The number of aliphatic hydroxyl groups excluding tert-OH is 1. The van der Waals surface area contributed by atoms with E-state index in [1.54, 1.807) is 56.3 Å². The lowest BCUT2D eigenvalue weighted by atomic mass is 10.1. The van der Waals surface area contributed by atoms with Gasteiger partial charge in [-0.1, -0.05) is 41.9 Å². The number of benzene rings is 1. The predicted molar refractivity (Wildman–Crippen MR) is 119 cm³/mol. The highest BCUT2D eigenvalue weighted by atomic mass is 35.5. The van der Waals surface area contributed by atoms with E-state index < -0.39 is 11.9 Å². The van der Waals surface area contributed by atoms with Crippen LogP contribution >= 0.6 is 11.6 Å². The molecular weight excluding hydrogens is 422 g/mol. The van der Waals surface area contributed by atoms with Gasteiger partial charge in [-0.05, 0) is 26.0 Å². The molecule has 0 unspecified atom stereocenters. The number of pyridine rings is 1. The molecular formula is C22H22ClN3O5. The van der Waals surface area contributed by atoms with Crippen LogP contribution in [0.5, 0.6) is 0 Å². The minimum atomic E-state index is -0.789. The van der Waals surface area contributed by atoms with E-state index in [1.807, 2.05) is 0 Å². The van der Waals surface area contributed by atoms with Crippen LogP contribution < -0.4 is 5.32 Å². The molecule has 9 heteroatoms. The van der Waals surface area contributed by atoms with Crippen LogP contribution in [0, 0.1) is 0 Å². The van der Waals surface area contributed by atoms with E-state index in [-0.39, 0.29) is 30.2 Å². The Bertz CT molecular complexity index is 986. The number of halogens is 1. The molecule has 0 radical (unpaired) electrons. The van der Waals surface area contributed by atoms with Crippen molar-refractivity contribution in [2.45, 2.75) is 13.8 Å². The molecule has 0 atom stereocenters. The fourth-order valence-corrected chi connectivity index (χ4v) is 2.37. The van der Waals surface area contributed by atoms with Gasteiger partial charge in [0.05, 0.1) is 18.2 Å². The summed E-state index contributed by atoms with van der Waals surface area (Å²) in [5.41, 5.74) is 0.0243. The fraction of sp³-hybridized carbons (Fsp3) is 0.182. The SMILES string of the molecule is CCOC(=O)C(=C/Nc1ccc(Cl)cn1)/N=C/C(C(=O)OCC)=C(\O)c1ccccc1. The molecule has 0 bridgehead atoms. The van der Waals surface area contributed by atoms with Crippen molar-refractivity contribution in [1.29, 1.82) is 0 Å². The summed E-state index contributed by atoms with van der Waals surface area (Å²) in [6.45, 7) is 3.52. The van der Waals surface area contributed by atoms with Gasteiger partial charge >= 0.3 is 11.9 Å². The van der Waals surface area contributed by atoms with Crippen molar-refractivity contribution in [1.82, 2.24) is 4.98 Å². The maximum absolute atomic E-state index is 12.4. The van der Waals surface area contributed by atoms with Crippen molar-refractivity contribution >= 4 is 41.3 Å². The largest absolute Gasteiger partial charge is 0.506 e. The first-order chi connectivity index (χ1) is 15.0. The average molecular weight is 444 g/mol. The number of aliphatic imine (C=N–C) groups is 1. The molecule has 0 aliphatic heterocycles. The Morgan fingerprint density at radius 2 is 1.77 bits per heavy atom. The molecule has 162 valence electrons. The summed E-state index contributed by atoms with van der Waals surface area (Å²) in [6, 6.07) is 11.7. The van der Waals surface area contributed by atoms with Gasteiger partial charge in [0.1, 0.15) is 17.2 Å². The fourth-order valence-electron chi connectivity index (χ4n) is 2.26. The first-order valence-electron chi connectivity index (χ1n) is 9.41. The standard InChI is InChI=1S/C22H22ClN3O5/c1-3-30-21(28)17(20(27)15-8-6-5-7-9-15)13-24-18(22(29)31-4-2)14-26-19-11-10-16(23)12-25-19/h5-14,27H,3-4H2,1-2H3,(H,25,26)/b18-14-,20-17+,24-13+. The molecule has 2 rings (SSSR count). The highest BCUT2D eigenvalue weighted by molar-refractivity contribution is 6.30. The number of nitrogens with one attached hydrogen (secondary N) is 1. The molecule has 0 aliphatic rings. The Labute approximate surface area is 184 Å². The number of carbonyl (C=O) groups is 2. The Kier molecular flexibility index (Phi) is 9.25. The second-order valence-electron chi connectivity index (χ2n) is 5.86. The van der Waals surface area contributed by atoms with Crippen LogP contribution in [0.15, 0.2) is 71.1 Å². The van der Waals surface area contributed by atoms with E-state index >= 15 is 0 Å². The van der Waals surface area contributed by atoms with E-state index in [0.29, 0.717) is 16.4 Å². The topological polar surface area (TPSA) is 110 Å². The van der Waals surface area contributed by atoms with Crippen LogP contribution in [0.25, 0.3) is 5.76 Å². The lowest BCUT2D eigenvalue weighted by molar-refractivity contribution is -0.139. The molecule has 0 saturated heterocycles. The van der Waals surface area contributed by atoms with Crippen molar-refractivity contribution < 1.29 is 24.2 Å². The number of aliphatic hydroxyl groups is 1. The van der Waals surface area contributed by atoms with Crippen molar-refractivity contribution in [2.75, 3.05) is 18.5 Å². The number of aromatic nitrogens is 1. The Balaban J connectivity index is 2.40. The summed E-state index contributed by atoms with van der Waals surface area (Å²) < 4.78 is 10.0. The van der Waals surface area contributed by atoms with E-state index in [1.165, 1.54) is 12.4 Å². The lowest BCUT2D eigenvalue weighted by Gasteiger charge is -2.08. The van der Waals surface area contributed by atoms with Gasteiger partial charge in [-0.2, -0.15) is 0 Å². The Morgan fingerprint density at radius 1 is 1.10 bits per heavy atom. The summed E-state index contributed by atoms with van der Waals surface area (Å²) in [5.74, 6) is -1.45. The van der Waals surface area contributed by atoms with Crippen LogP contribution in [0.2, 0.25) is 5.02 Å². The highest BCUT2D eigenvalue weighted by Crippen LogP contribution is 2.17. The van der Waals surface area contributed by atoms with Crippen LogP contribution in [0.4, 0.5) is 5.82 Å². The van der Waals surface area contributed by atoms with E-state index in [2.05, 4.69) is 15.3 Å². The van der Waals surface area contributed by atoms with Gasteiger partial charge in [-0.25, -0.2) is 19.6 Å². The molecule has 0 fully saturated rings. The van der Waals surface area contributed by atoms with Crippen molar-refractivity contribution in [3.63, 3.8) is 0 Å². The quantitative estimate of drug-likeness (QED) is 0.259. The number of hydrogen-bond acceptors (Lipinski definition) is 8. The summed E-state index contributed by atoms with van der Waals surface area (Å²) in [6.07, 6.45) is 3.76. The van der Waals surface area contributed by atoms with Crippen molar-refractivity contribution in [3.8, 4) is 0 Å². The molecule has 1 aromatic heterocycles. The van der Waals surface area contributed by atoms with E-state index in [0.717, 1.165) is 6.21 Å². The molecule has 0 spiro atoms. The van der Waals surface area contributed by atoms with Gasteiger partial charge in [0, 0.05) is 24.2 Å². The van der Waals surface area contributed by atoms with E-state index in [4.69, 9.17) is 21.1 Å². The minimum Gasteiger partial charge on any atom is -0.506 e. The van der Waals surface area contributed by atoms with Crippen molar-refractivity contribution in [2.24, 2.45) is 4.99 Å². The number of anilines is 1. The van der Waals surface area contributed by atoms with Crippen LogP contribution in [-0.2, 0) is 19.1 Å². The zero-order valence-corrected chi connectivity index (χ0v) is 17.8. The number of esters is 2. The third-order valence-corrected chi connectivity index (χ3v) is 3.92. The molecule has 8 nitrogen and oxygen atoms in total. The third-order valence-electron chi connectivity index (χ3n) is 3.70. The number of nitrogens with zero attached hydrogens (tertiary/aromatic N) is 2. The van der Waals surface area contributed by atoms with Gasteiger partial charge in [-0.3, -0.25) is 0 Å². The predicted octanol–water partition coefficient (Wildman–Crippen LogP) is 4.15. The highest BCUT2D eigenvalue weighted by Gasteiger charge is 2.17. The van der Waals surface area contributed by atoms with Gasteiger partial charge in [-0.15, -0.1) is 0 Å². The molecule has 1 heterocycles. The Hall–Kier alpha value is -3.65. The Morgan fingerprint density at radius 3 is 2.39 bits per heavy atom. The maximum atomic E-state index is 12.4. The molecule has 0 aliphatic carbocycles. The zero-order valence-electron chi connectivity index (χ0n) is 17.0. The normalized spacial score (nSPS) is 12.3. The molecule has 1 aromatic carbocycles. The third kappa shape index (κ3) is 7.27. The van der Waals surface area contributed by atoms with Crippen LogP contribution in [-0.4, -0.2) is 41.5 Å². The minimum absolute atomic E-state index is 0.0998. The lowest BCUT2D eigenvalue weighted by Crippen LogP contribution is -2.13. The van der Waals surface area contributed by atoms with Gasteiger partial charge in [0.2, 0.25) is 0 Å². The molecule has 0 amide bonds. The average Bonchev–Trinajstić information content (AvgIpc) is 2.77. The van der Waals surface area contributed by atoms with Gasteiger partial charge in [0.15, 0.2) is 5.70 Å². The first-order valence-corrected chi connectivity index (χ1v) is 9.79. The van der Waals surface area contributed by atoms with E-state index in [9.17, 15) is 14.7 Å². The molecule has 0 saturated carbocycles. The summed E-state index contributed by atoms with van der Waals surface area (Å²) in [7, 11) is 0. The molecule has 31 heavy (non-hydrogen) atoms. The van der Waals surface area contributed by atoms with Gasteiger partial charge < -0.3 is 19.9 Å². The second kappa shape index (κ2) is 12.1. The second-order valence-corrected chi connectivity index (χ2v) is 6.30. The monoisotopic (exact) mass is 443 g/mol. The van der Waals surface area contributed by atoms with Crippen molar-refractivity contribution in [3.05, 3.63) is 76.7 Å². The number of ether oxygens (including phenoxy) is 2. The number of rotatable bonds is 9. The molecule has 2 aromatic rings. The summed E-state index contributed by atoms with van der Waals surface area (Å²) in [4.78, 5) is 32.8. The first kappa shape index (κ1) is 23.6. The number of carbonyl (C=O) groups excluding carboxylic acids is 2. The van der Waals surface area contributed by atoms with Crippen LogP contribution in [0.3, 0.4) is 0 Å². The number of hydrogen-bond donors (Lipinski definition) is 2. The smallest absolute Gasteiger partial charge is 0.358 e. The maximum Gasteiger partial charge on any atom is 0.358 e. The zero-order chi connectivity index (χ0) is 22.6. The summed E-state index contributed by atoms with van der Waals surface area (Å²) in [5, 5.41) is 13.8. The van der Waals surface area contributed by atoms with Gasteiger partial charge in [0.25, 0.3) is 0 Å².